The number of halogens is 1. The van der Waals surface area contributed by atoms with Crippen LogP contribution in [-0.2, 0) is 19.1 Å². The average Bonchev–Trinajstić information content (AvgIpc) is 2.43. The summed E-state index contributed by atoms with van der Waals surface area (Å²) >= 11 is 6.11. The minimum atomic E-state index is -0.427. The van der Waals surface area contributed by atoms with Gasteiger partial charge in [0.1, 0.15) is 13.2 Å². The number of nitrogens with one attached hydrogen (secondary N) is 2. The predicted molar refractivity (Wildman–Crippen MR) is 77.2 cm³/mol. The van der Waals surface area contributed by atoms with Crippen molar-refractivity contribution in [1.29, 1.82) is 5.26 Å². The Kier molecular flexibility index (Phi) is 6.62. The summed E-state index contributed by atoms with van der Waals surface area (Å²) in [5.74, 6) is -0.854. The highest BCUT2D eigenvalue weighted by Crippen LogP contribution is 2.32. The number of nitriles is 1. The molecule has 0 fully saturated rings. The highest BCUT2D eigenvalue weighted by molar-refractivity contribution is 6.37. The summed E-state index contributed by atoms with van der Waals surface area (Å²) in [7, 11) is 2.76. The number of amides is 2. The molecule has 0 unspecified atom stereocenters. The summed E-state index contributed by atoms with van der Waals surface area (Å²) in [5.41, 5.74) is 0.663. The second-order valence-electron chi connectivity index (χ2n) is 3.96. The first-order chi connectivity index (χ1) is 10.0. The zero-order chi connectivity index (χ0) is 15.8. The van der Waals surface area contributed by atoms with Gasteiger partial charge >= 0.3 is 0 Å². The highest BCUT2D eigenvalue weighted by Gasteiger charge is 2.14. The van der Waals surface area contributed by atoms with E-state index < -0.39 is 11.8 Å². The quantitative estimate of drug-likeness (QED) is 0.826. The lowest BCUT2D eigenvalue weighted by atomic mass is 10.2. The smallest absolute Gasteiger partial charge is 0.250 e. The molecular formula is C13H14ClN3O4. The van der Waals surface area contributed by atoms with Crippen LogP contribution in [0.5, 0.6) is 0 Å². The van der Waals surface area contributed by atoms with Gasteiger partial charge in [-0.05, 0) is 12.1 Å². The number of rotatable bonds is 6. The van der Waals surface area contributed by atoms with Crippen LogP contribution in [0.2, 0.25) is 5.02 Å². The number of methoxy groups -OCH3 is 2. The molecule has 0 saturated heterocycles. The van der Waals surface area contributed by atoms with E-state index in [4.69, 9.17) is 26.3 Å². The molecule has 112 valence electrons. The van der Waals surface area contributed by atoms with E-state index in [2.05, 4.69) is 10.6 Å². The molecule has 0 aliphatic heterocycles. The van der Waals surface area contributed by atoms with Crippen LogP contribution in [-0.4, -0.2) is 39.2 Å². The Labute approximate surface area is 126 Å². The minimum absolute atomic E-state index is 0.114. The molecule has 0 aromatic heterocycles. The zero-order valence-corrected chi connectivity index (χ0v) is 12.3. The minimum Gasteiger partial charge on any atom is -0.375 e. The van der Waals surface area contributed by atoms with E-state index in [1.807, 2.05) is 6.07 Å². The van der Waals surface area contributed by atoms with E-state index >= 15 is 0 Å². The van der Waals surface area contributed by atoms with Gasteiger partial charge in [-0.2, -0.15) is 5.26 Å². The Morgan fingerprint density at radius 1 is 1.14 bits per heavy atom. The third kappa shape index (κ3) is 5.04. The third-order valence-electron chi connectivity index (χ3n) is 2.30. The molecule has 0 atom stereocenters. The van der Waals surface area contributed by atoms with Crippen LogP contribution in [0.3, 0.4) is 0 Å². The second-order valence-corrected chi connectivity index (χ2v) is 4.34. The molecule has 0 aliphatic carbocycles. The number of carbonyl (C=O) groups excluding carboxylic acids is 2. The van der Waals surface area contributed by atoms with E-state index in [0.717, 1.165) is 0 Å². The van der Waals surface area contributed by atoms with E-state index in [0.29, 0.717) is 0 Å². The maximum atomic E-state index is 11.5. The van der Waals surface area contributed by atoms with Crippen LogP contribution in [0.15, 0.2) is 12.1 Å². The fourth-order valence-corrected chi connectivity index (χ4v) is 1.71. The molecule has 0 aliphatic rings. The molecule has 0 saturated carbocycles. The predicted octanol–water partition coefficient (Wildman–Crippen LogP) is 1.38. The summed E-state index contributed by atoms with van der Waals surface area (Å²) in [5, 5.41) is 14.1. The third-order valence-corrected chi connectivity index (χ3v) is 2.71. The standard InChI is InChI=1S/C13H14ClN3O4/c1-20-6-11(18)16-9-3-8(5-15)4-10(13(9)14)17-12(19)7-21-2/h3-4H,6-7H2,1-2H3,(H,16,18)(H,17,19). The Balaban J connectivity index is 3.06. The highest BCUT2D eigenvalue weighted by atomic mass is 35.5. The molecular weight excluding hydrogens is 298 g/mol. The second kappa shape index (κ2) is 8.21. The van der Waals surface area contributed by atoms with Crippen LogP contribution < -0.4 is 10.6 Å². The molecule has 0 spiro atoms. The molecule has 1 aromatic carbocycles. The van der Waals surface area contributed by atoms with E-state index in [1.54, 1.807) is 0 Å². The number of nitrogens with zero attached hydrogens (tertiary/aromatic N) is 1. The Morgan fingerprint density at radius 3 is 1.90 bits per heavy atom. The van der Waals surface area contributed by atoms with Gasteiger partial charge in [0.15, 0.2) is 0 Å². The summed E-state index contributed by atoms with van der Waals surface area (Å²) in [6.07, 6.45) is 0. The van der Waals surface area contributed by atoms with Crippen molar-refractivity contribution in [3.05, 3.63) is 22.7 Å². The van der Waals surface area contributed by atoms with Gasteiger partial charge in [-0.3, -0.25) is 9.59 Å². The number of hydrogen-bond acceptors (Lipinski definition) is 5. The molecule has 2 N–H and O–H groups in total. The molecule has 0 radical (unpaired) electrons. The molecule has 0 heterocycles. The van der Waals surface area contributed by atoms with E-state index in [9.17, 15) is 9.59 Å². The van der Waals surface area contributed by atoms with Gasteiger partial charge in [0.2, 0.25) is 11.8 Å². The largest absolute Gasteiger partial charge is 0.375 e. The lowest BCUT2D eigenvalue weighted by Crippen LogP contribution is -2.19. The number of hydrogen-bond donors (Lipinski definition) is 2. The first-order valence-electron chi connectivity index (χ1n) is 5.83. The van der Waals surface area contributed by atoms with Gasteiger partial charge in [0.25, 0.3) is 0 Å². The summed E-state index contributed by atoms with van der Waals surface area (Å²) < 4.78 is 9.39. The normalized spacial score (nSPS) is 9.81. The molecule has 2 amide bonds. The van der Waals surface area contributed by atoms with Gasteiger partial charge in [-0.1, -0.05) is 11.6 Å². The number of ether oxygens (including phenoxy) is 2. The van der Waals surface area contributed by atoms with Crippen molar-refractivity contribution in [2.45, 2.75) is 0 Å². The van der Waals surface area contributed by atoms with Gasteiger partial charge in [0.05, 0.1) is 28.0 Å². The monoisotopic (exact) mass is 311 g/mol. The molecule has 8 heteroatoms. The van der Waals surface area contributed by atoms with Crippen molar-refractivity contribution in [3.63, 3.8) is 0 Å². The lowest BCUT2D eigenvalue weighted by molar-refractivity contribution is -0.120. The van der Waals surface area contributed by atoms with Crippen molar-refractivity contribution in [2.75, 3.05) is 38.1 Å². The zero-order valence-electron chi connectivity index (χ0n) is 11.5. The Morgan fingerprint density at radius 2 is 1.57 bits per heavy atom. The fourth-order valence-electron chi connectivity index (χ4n) is 1.51. The summed E-state index contributed by atoms with van der Waals surface area (Å²) in [4.78, 5) is 23.0. The molecule has 0 bridgehead atoms. The maximum Gasteiger partial charge on any atom is 0.250 e. The van der Waals surface area contributed by atoms with Crippen molar-refractivity contribution < 1.29 is 19.1 Å². The van der Waals surface area contributed by atoms with Crippen molar-refractivity contribution in [3.8, 4) is 6.07 Å². The summed E-state index contributed by atoms with van der Waals surface area (Å²) in [6, 6.07) is 4.73. The Hall–Kier alpha value is -2.14. The van der Waals surface area contributed by atoms with Gasteiger partial charge < -0.3 is 20.1 Å². The molecule has 21 heavy (non-hydrogen) atoms. The SMILES string of the molecule is COCC(=O)Nc1cc(C#N)cc(NC(=O)COC)c1Cl. The average molecular weight is 312 g/mol. The lowest BCUT2D eigenvalue weighted by Gasteiger charge is -2.12. The van der Waals surface area contributed by atoms with E-state index in [1.165, 1.54) is 26.4 Å². The van der Waals surface area contributed by atoms with Gasteiger partial charge in [0, 0.05) is 14.2 Å². The van der Waals surface area contributed by atoms with Crippen molar-refractivity contribution >= 4 is 34.8 Å². The van der Waals surface area contributed by atoms with Crippen molar-refractivity contribution in [2.24, 2.45) is 0 Å². The molecule has 7 nitrogen and oxygen atoms in total. The number of anilines is 2. The van der Waals surface area contributed by atoms with Crippen molar-refractivity contribution in [1.82, 2.24) is 0 Å². The molecule has 1 rings (SSSR count). The number of benzene rings is 1. The number of carbonyl (C=O) groups is 2. The first-order valence-corrected chi connectivity index (χ1v) is 6.20. The van der Waals surface area contributed by atoms with Crippen LogP contribution in [0.25, 0.3) is 0 Å². The van der Waals surface area contributed by atoms with Crippen LogP contribution in [0.4, 0.5) is 11.4 Å². The fraction of sp³-hybridized carbons (Fsp3) is 0.308. The van der Waals surface area contributed by atoms with Crippen LogP contribution >= 0.6 is 11.6 Å². The Bertz CT molecular complexity index is 542. The maximum absolute atomic E-state index is 11.5. The van der Waals surface area contributed by atoms with Crippen LogP contribution in [0.1, 0.15) is 5.56 Å². The van der Waals surface area contributed by atoms with Gasteiger partial charge in [-0.25, -0.2) is 0 Å². The van der Waals surface area contributed by atoms with Gasteiger partial charge in [-0.15, -0.1) is 0 Å². The molecule has 1 aromatic rings. The summed E-state index contributed by atoms with van der Waals surface area (Å²) in [6.45, 7) is -0.309. The van der Waals surface area contributed by atoms with Crippen LogP contribution in [0, 0.1) is 11.3 Å². The van der Waals surface area contributed by atoms with E-state index in [-0.39, 0.29) is 35.2 Å². The first kappa shape index (κ1) is 16.9. The topological polar surface area (TPSA) is 100 Å².